The van der Waals surface area contributed by atoms with Crippen LogP contribution >= 0.6 is 0 Å². The summed E-state index contributed by atoms with van der Waals surface area (Å²) in [6.45, 7) is 8.02. The minimum Gasteiger partial charge on any atom is -0.238 e. The van der Waals surface area contributed by atoms with E-state index in [1.165, 1.54) is 5.56 Å². The topological polar surface area (TPSA) is 43.0 Å². The van der Waals surface area contributed by atoms with Gasteiger partial charge < -0.3 is 0 Å². The van der Waals surface area contributed by atoms with E-state index >= 15 is 0 Å². The van der Waals surface area contributed by atoms with Crippen LogP contribution in [0.2, 0.25) is 0 Å². The van der Waals surface area contributed by atoms with Gasteiger partial charge in [0, 0.05) is 16.7 Å². The van der Waals surface area contributed by atoms with E-state index < -0.39 is 5.41 Å². The lowest BCUT2D eigenvalue weighted by Crippen LogP contribution is -2.28. The lowest BCUT2D eigenvalue weighted by atomic mass is 9.67. The average Bonchev–Trinajstić information content (AvgIpc) is 3.62. The standard InChI is InChI=1S/C55H34N4/c1-56-42-32-33-48-50(35-42)55(40-22-4-2-5-23-40,41-24-6-3-7-25-41)49-31-15-28-45(51(48)49)38-20-12-21-39(34-38)52-57-53(46-29-13-18-36-16-8-10-26-43(36)46)59-54(58-52)47-30-14-19-37-17-9-11-27-44(37)47/h2-35H. The van der Waals surface area contributed by atoms with Crippen LogP contribution in [0, 0.1) is 6.57 Å². The van der Waals surface area contributed by atoms with Gasteiger partial charge in [0.2, 0.25) is 0 Å². The zero-order chi connectivity index (χ0) is 39.3. The van der Waals surface area contributed by atoms with Crippen molar-refractivity contribution in [2.75, 3.05) is 0 Å². The predicted molar refractivity (Wildman–Crippen MR) is 240 cm³/mol. The highest BCUT2D eigenvalue weighted by molar-refractivity contribution is 5.99. The Balaban J connectivity index is 1.14. The van der Waals surface area contributed by atoms with E-state index in [1.54, 1.807) is 0 Å². The van der Waals surface area contributed by atoms with Crippen molar-refractivity contribution in [1.82, 2.24) is 15.0 Å². The quantitative estimate of drug-likeness (QED) is 0.159. The molecule has 9 aromatic carbocycles. The Morgan fingerprint density at radius 1 is 0.373 bits per heavy atom. The molecular formula is C55H34N4. The molecule has 0 aliphatic heterocycles. The molecule has 0 bridgehead atoms. The van der Waals surface area contributed by atoms with Gasteiger partial charge in [0.25, 0.3) is 0 Å². The molecule has 0 radical (unpaired) electrons. The van der Waals surface area contributed by atoms with Crippen LogP contribution in [-0.4, -0.2) is 15.0 Å². The fourth-order valence-electron chi connectivity index (χ4n) is 9.25. The summed E-state index contributed by atoms with van der Waals surface area (Å²) in [5, 5.41) is 4.43. The van der Waals surface area contributed by atoms with Crippen LogP contribution in [0.3, 0.4) is 0 Å². The van der Waals surface area contributed by atoms with Gasteiger partial charge in [0.05, 0.1) is 12.0 Å². The molecule has 0 fully saturated rings. The summed E-state index contributed by atoms with van der Waals surface area (Å²) in [7, 11) is 0. The highest BCUT2D eigenvalue weighted by atomic mass is 15.0. The molecular weight excluding hydrogens is 717 g/mol. The average molecular weight is 751 g/mol. The number of hydrogen-bond donors (Lipinski definition) is 0. The molecule has 59 heavy (non-hydrogen) atoms. The lowest BCUT2D eigenvalue weighted by molar-refractivity contribution is 0.769. The molecule has 0 N–H and O–H groups in total. The number of rotatable bonds is 6. The van der Waals surface area contributed by atoms with Crippen LogP contribution in [0.15, 0.2) is 206 Å². The SMILES string of the molecule is [C-]#[N+]c1ccc2c(c1)C(c1ccccc1)(c1ccccc1)c1cccc(-c3cccc(-c4nc(-c5cccc6ccccc56)nc(-c5cccc6ccccc56)n4)c3)c1-2. The van der Waals surface area contributed by atoms with Gasteiger partial charge >= 0.3 is 0 Å². The van der Waals surface area contributed by atoms with Gasteiger partial charge in [0.15, 0.2) is 23.2 Å². The Morgan fingerprint density at radius 3 is 1.51 bits per heavy atom. The number of nitrogens with zero attached hydrogens (tertiary/aromatic N) is 4. The lowest BCUT2D eigenvalue weighted by Gasteiger charge is -2.34. The third-order valence-electron chi connectivity index (χ3n) is 11.8. The molecule has 4 nitrogen and oxygen atoms in total. The van der Waals surface area contributed by atoms with Crippen molar-refractivity contribution in [2.45, 2.75) is 5.41 Å². The Hall–Kier alpha value is -8.00. The first-order chi connectivity index (χ1) is 29.2. The monoisotopic (exact) mass is 750 g/mol. The molecule has 0 atom stereocenters. The first kappa shape index (κ1) is 34.3. The van der Waals surface area contributed by atoms with Crippen LogP contribution in [0.25, 0.3) is 82.8 Å². The first-order valence-corrected chi connectivity index (χ1v) is 19.8. The number of aromatic nitrogens is 3. The fourth-order valence-corrected chi connectivity index (χ4v) is 9.25. The van der Waals surface area contributed by atoms with Gasteiger partial charge in [-0.15, -0.1) is 0 Å². The van der Waals surface area contributed by atoms with E-state index in [9.17, 15) is 0 Å². The van der Waals surface area contributed by atoms with Crippen molar-refractivity contribution >= 4 is 27.2 Å². The van der Waals surface area contributed by atoms with Crippen molar-refractivity contribution in [1.29, 1.82) is 0 Å². The van der Waals surface area contributed by atoms with Gasteiger partial charge in [-0.2, -0.15) is 0 Å². The normalized spacial score (nSPS) is 12.5. The Labute approximate surface area is 342 Å². The maximum Gasteiger partial charge on any atom is 0.187 e. The van der Waals surface area contributed by atoms with Crippen LogP contribution in [0.4, 0.5) is 5.69 Å². The predicted octanol–water partition coefficient (Wildman–Crippen LogP) is 13.8. The summed E-state index contributed by atoms with van der Waals surface area (Å²) >= 11 is 0. The third-order valence-corrected chi connectivity index (χ3v) is 11.8. The molecule has 1 aromatic heterocycles. The summed E-state index contributed by atoms with van der Waals surface area (Å²) in [5.41, 5.74) is 11.9. The van der Waals surface area contributed by atoms with Crippen molar-refractivity contribution in [3.05, 3.63) is 240 Å². The molecule has 1 aliphatic carbocycles. The van der Waals surface area contributed by atoms with E-state index in [-0.39, 0.29) is 0 Å². The summed E-state index contributed by atoms with van der Waals surface area (Å²) in [6, 6.07) is 72.2. The van der Waals surface area contributed by atoms with Crippen molar-refractivity contribution < 1.29 is 0 Å². The van der Waals surface area contributed by atoms with E-state index in [0.717, 1.165) is 77.2 Å². The summed E-state index contributed by atoms with van der Waals surface area (Å²) in [4.78, 5) is 19.6. The fraction of sp³-hybridized carbons (Fsp3) is 0.0182. The maximum absolute atomic E-state index is 8.02. The molecule has 274 valence electrons. The first-order valence-electron chi connectivity index (χ1n) is 19.8. The number of hydrogen-bond acceptors (Lipinski definition) is 3. The van der Waals surface area contributed by atoms with Gasteiger partial charge in [-0.05, 0) is 72.1 Å². The molecule has 1 heterocycles. The second-order valence-corrected chi connectivity index (χ2v) is 15.0. The summed E-state index contributed by atoms with van der Waals surface area (Å²) in [6.07, 6.45) is 0. The van der Waals surface area contributed by atoms with Crippen LogP contribution in [0.5, 0.6) is 0 Å². The van der Waals surface area contributed by atoms with Gasteiger partial charge in [-0.3, -0.25) is 0 Å². The molecule has 0 unspecified atom stereocenters. The summed E-state index contributed by atoms with van der Waals surface area (Å²) < 4.78 is 0. The van der Waals surface area contributed by atoms with E-state index in [0.29, 0.717) is 23.2 Å². The van der Waals surface area contributed by atoms with Gasteiger partial charge in [-0.25, -0.2) is 19.8 Å². The smallest absolute Gasteiger partial charge is 0.187 e. The van der Waals surface area contributed by atoms with Gasteiger partial charge in [0.1, 0.15) is 0 Å². The Morgan fingerprint density at radius 2 is 0.881 bits per heavy atom. The molecule has 0 spiro atoms. The molecule has 1 aliphatic rings. The molecule has 0 saturated carbocycles. The van der Waals surface area contributed by atoms with Crippen LogP contribution in [-0.2, 0) is 5.41 Å². The minimum absolute atomic E-state index is 0.602. The largest absolute Gasteiger partial charge is 0.238 e. The highest BCUT2D eigenvalue weighted by Gasteiger charge is 2.46. The number of benzene rings is 9. The molecule has 10 aromatic rings. The Bertz CT molecular complexity index is 3140. The molecule has 0 amide bonds. The minimum atomic E-state index is -0.629. The third kappa shape index (κ3) is 5.48. The van der Waals surface area contributed by atoms with E-state index in [4.69, 9.17) is 21.5 Å². The van der Waals surface area contributed by atoms with Crippen molar-refractivity contribution in [3.8, 4) is 56.4 Å². The van der Waals surface area contributed by atoms with E-state index in [2.05, 4.69) is 205 Å². The second kappa shape index (κ2) is 13.9. The van der Waals surface area contributed by atoms with Gasteiger partial charge in [-0.1, -0.05) is 200 Å². The molecule has 11 rings (SSSR count). The van der Waals surface area contributed by atoms with Crippen molar-refractivity contribution in [3.63, 3.8) is 0 Å². The highest BCUT2D eigenvalue weighted by Crippen LogP contribution is 2.59. The number of fused-ring (bicyclic) bond motifs is 5. The van der Waals surface area contributed by atoms with E-state index in [1.807, 2.05) is 6.07 Å². The van der Waals surface area contributed by atoms with Crippen LogP contribution < -0.4 is 0 Å². The Kier molecular flexibility index (Phi) is 8.06. The van der Waals surface area contributed by atoms with Crippen LogP contribution in [0.1, 0.15) is 22.3 Å². The molecule has 4 heteroatoms. The van der Waals surface area contributed by atoms with Crippen molar-refractivity contribution in [2.24, 2.45) is 0 Å². The molecule has 0 saturated heterocycles. The zero-order valence-electron chi connectivity index (χ0n) is 31.9. The second-order valence-electron chi connectivity index (χ2n) is 15.0. The zero-order valence-corrected chi connectivity index (χ0v) is 31.9. The summed E-state index contributed by atoms with van der Waals surface area (Å²) in [5.74, 6) is 1.85. The maximum atomic E-state index is 8.02.